The van der Waals surface area contributed by atoms with Crippen molar-refractivity contribution in [3.63, 3.8) is 0 Å². The van der Waals surface area contributed by atoms with Gasteiger partial charge in [0.2, 0.25) is 0 Å². The summed E-state index contributed by atoms with van der Waals surface area (Å²) in [7, 11) is 1.83. The van der Waals surface area contributed by atoms with Crippen LogP contribution in [0, 0.1) is 5.92 Å². The van der Waals surface area contributed by atoms with Gasteiger partial charge in [-0.05, 0) is 25.7 Å². The monoisotopic (exact) mass is 328 g/mol. The van der Waals surface area contributed by atoms with Crippen molar-refractivity contribution in [2.75, 3.05) is 59.7 Å². The number of hydrogen-bond donors (Lipinski definition) is 2. The van der Waals surface area contributed by atoms with Crippen LogP contribution in [0.3, 0.4) is 0 Å². The van der Waals surface area contributed by atoms with E-state index in [1.165, 1.54) is 0 Å². The molecule has 1 aliphatic heterocycles. The summed E-state index contributed by atoms with van der Waals surface area (Å²) in [5, 5.41) is 6.86. The van der Waals surface area contributed by atoms with Crippen molar-refractivity contribution in [1.82, 2.24) is 15.5 Å². The maximum atomic E-state index is 5.46. The van der Waals surface area contributed by atoms with E-state index >= 15 is 0 Å². The minimum absolute atomic E-state index is 0.510. The second-order valence-electron chi connectivity index (χ2n) is 6.24. The highest BCUT2D eigenvalue weighted by Gasteiger charge is 2.23. The van der Waals surface area contributed by atoms with Crippen molar-refractivity contribution in [2.45, 2.75) is 39.7 Å². The largest absolute Gasteiger partial charge is 0.382 e. The van der Waals surface area contributed by atoms with E-state index in [9.17, 15) is 0 Å². The van der Waals surface area contributed by atoms with Gasteiger partial charge in [0.15, 0.2) is 5.96 Å². The van der Waals surface area contributed by atoms with E-state index in [0.717, 1.165) is 71.4 Å². The molecule has 2 N–H and O–H groups in total. The van der Waals surface area contributed by atoms with E-state index in [1.54, 1.807) is 0 Å². The van der Waals surface area contributed by atoms with Crippen molar-refractivity contribution < 1.29 is 9.47 Å². The van der Waals surface area contributed by atoms with Crippen LogP contribution in [0.25, 0.3) is 0 Å². The van der Waals surface area contributed by atoms with Crippen molar-refractivity contribution in [2.24, 2.45) is 10.9 Å². The molecule has 1 atom stereocenters. The standard InChI is InChI=1S/C17H36N4O2/c1-5-22-11-7-6-8-19-17(18-4)20-14-16(15(2)3)21-9-12-23-13-10-21/h15-16H,5-14H2,1-4H3,(H2,18,19,20). The van der Waals surface area contributed by atoms with E-state index in [0.29, 0.717) is 12.0 Å². The molecule has 0 spiro atoms. The minimum atomic E-state index is 0.510. The predicted molar refractivity (Wildman–Crippen MR) is 96.1 cm³/mol. The van der Waals surface area contributed by atoms with Crippen LogP contribution in [-0.4, -0.2) is 76.6 Å². The molecule has 6 nitrogen and oxygen atoms in total. The number of nitrogens with one attached hydrogen (secondary N) is 2. The molecule has 0 saturated carbocycles. The highest BCUT2D eigenvalue weighted by Crippen LogP contribution is 2.12. The summed E-state index contributed by atoms with van der Waals surface area (Å²) in [4.78, 5) is 6.84. The number of aliphatic imine (C=N–C) groups is 1. The fourth-order valence-electron chi connectivity index (χ4n) is 2.80. The molecule has 0 aromatic rings. The van der Waals surface area contributed by atoms with E-state index < -0.39 is 0 Å². The van der Waals surface area contributed by atoms with E-state index in [2.05, 4.69) is 34.4 Å². The zero-order valence-electron chi connectivity index (χ0n) is 15.4. The molecule has 136 valence electrons. The van der Waals surface area contributed by atoms with Crippen molar-refractivity contribution in [1.29, 1.82) is 0 Å². The lowest BCUT2D eigenvalue weighted by molar-refractivity contribution is 0.00752. The number of rotatable bonds is 10. The molecule has 1 heterocycles. The Labute approximate surface area is 142 Å². The van der Waals surface area contributed by atoms with E-state index in [1.807, 2.05) is 14.0 Å². The molecule has 0 aromatic heterocycles. The van der Waals surface area contributed by atoms with Gasteiger partial charge >= 0.3 is 0 Å². The number of unbranched alkanes of at least 4 members (excludes halogenated alkanes) is 1. The lowest BCUT2D eigenvalue weighted by atomic mass is 10.0. The van der Waals surface area contributed by atoms with Crippen molar-refractivity contribution in [3.8, 4) is 0 Å². The smallest absolute Gasteiger partial charge is 0.191 e. The molecule has 1 unspecified atom stereocenters. The van der Waals surface area contributed by atoms with E-state index in [4.69, 9.17) is 9.47 Å². The third-order valence-corrected chi connectivity index (χ3v) is 4.20. The highest BCUT2D eigenvalue weighted by atomic mass is 16.5. The normalized spacial score (nSPS) is 18.2. The first-order chi connectivity index (χ1) is 11.2. The van der Waals surface area contributed by atoms with Gasteiger partial charge in [0.25, 0.3) is 0 Å². The zero-order valence-corrected chi connectivity index (χ0v) is 15.4. The third-order valence-electron chi connectivity index (χ3n) is 4.20. The molecule has 0 amide bonds. The Morgan fingerprint density at radius 2 is 1.96 bits per heavy atom. The van der Waals surface area contributed by atoms with Gasteiger partial charge in [-0.25, -0.2) is 0 Å². The maximum Gasteiger partial charge on any atom is 0.191 e. The van der Waals surface area contributed by atoms with Gasteiger partial charge in [-0.1, -0.05) is 13.8 Å². The molecule has 23 heavy (non-hydrogen) atoms. The number of ether oxygens (including phenoxy) is 2. The Balaban J connectivity index is 2.27. The van der Waals surface area contributed by atoms with Crippen LogP contribution in [0.2, 0.25) is 0 Å². The van der Waals surface area contributed by atoms with Crippen LogP contribution in [0.15, 0.2) is 4.99 Å². The Kier molecular flexibility index (Phi) is 11.0. The number of hydrogen-bond acceptors (Lipinski definition) is 4. The summed E-state index contributed by atoms with van der Waals surface area (Å²) in [6, 6.07) is 0.510. The summed E-state index contributed by atoms with van der Waals surface area (Å²) in [6.45, 7) is 13.8. The molecule has 0 aliphatic carbocycles. The summed E-state index contributed by atoms with van der Waals surface area (Å²) in [6.07, 6.45) is 2.18. The third kappa shape index (κ3) is 8.53. The van der Waals surface area contributed by atoms with Crippen LogP contribution in [0.5, 0.6) is 0 Å². The summed E-state index contributed by atoms with van der Waals surface area (Å²) < 4.78 is 10.8. The number of guanidine groups is 1. The quantitative estimate of drug-likeness (QED) is 0.360. The summed E-state index contributed by atoms with van der Waals surface area (Å²) in [5.41, 5.74) is 0. The topological polar surface area (TPSA) is 58.1 Å². The molecule has 1 fully saturated rings. The van der Waals surface area contributed by atoms with Crippen LogP contribution in [0.1, 0.15) is 33.6 Å². The first-order valence-corrected chi connectivity index (χ1v) is 9.03. The molecule has 1 aliphatic rings. The van der Waals surface area contributed by atoms with Crippen LogP contribution in [0.4, 0.5) is 0 Å². The molecular formula is C17H36N4O2. The Hall–Kier alpha value is -0.850. The highest BCUT2D eigenvalue weighted by molar-refractivity contribution is 5.79. The van der Waals surface area contributed by atoms with Gasteiger partial charge in [0.1, 0.15) is 0 Å². The van der Waals surface area contributed by atoms with Crippen molar-refractivity contribution in [3.05, 3.63) is 0 Å². The Morgan fingerprint density at radius 1 is 1.22 bits per heavy atom. The first-order valence-electron chi connectivity index (χ1n) is 9.03. The second-order valence-corrected chi connectivity index (χ2v) is 6.24. The molecule has 0 aromatic carbocycles. The van der Waals surface area contributed by atoms with Gasteiger partial charge < -0.3 is 20.1 Å². The maximum absolute atomic E-state index is 5.46. The molecule has 6 heteroatoms. The summed E-state index contributed by atoms with van der Waals surface area (Å²) in [5.74, 6) is 1.49. The fourth-order valence-corrected chi connectivity index (χ4v) is 2.80. The lowest BCUT2D eigenvalue weighted by Crippen LogP contribution is -2.52. The lowest BCUT2D eigenvalue weighted by Gasteiger charge is -2.37. The zero-order chi connectivity index (χ0) is 16.9. The van der Waals surface area contributed by atoms with Crippen LogP contribution < -0.4 is 10.6 Å². The molecule has 0 radical (unpaired) electrons. The average molecular weight is 329 g/mol. The second kappa shape index (κ2) is 12.6. The molecule has 1 saturated heterocycles. The van der Waals surface area contributed by atoms with Crippen molar-refractivity contribution >= 4 is 5.96 Å². The van der Waals surface area contributed by atoms with Crippen LogP contribution >= 0.6 is 0 Å². The van der Waals surface area contributed by atoms with Gasteiger partial charge in [0.05, 0.1) is 13.2 Å². The predicted octanol–water partition coefficient (Wildman–Crippen LogP) is 1.32. The summed E-state index contributed by atoms with van der Waals surface area (Å²) >= 11 is 0. The number of morpholine rings is 1. The molecular weight excluding hydrogens is 292 g/mol. The van der Waals surface area contributed by atoms with Gasteiger partial charge in [0, 0.05) is 52.5 Å². The number of nitrogens with zero attached hydrogens (tertiary/aromatic N) is 2. The molecule has 1 rings (SSSR count). The van der Waals surface area contributed by atoms with E-state index in [-0.39, 0.29) is 0 Å². The Morgan fingerprint density at radius 3 is 2.57 bits per heavy atom. The van der Waals surface area contributed by atoms with Gasteiger partial charge in [-0.15, -0.1) is 0 Å². The van der Waals surface area contributed by atoms with Gasteiger partial charge in [-0.3, -0.25) is 9.89 Å². The average Bonchev–Trinajstić information content (AvgIpc) is 2.57. The molecule has 0 bridgehead atoms. The SMILES string of the molecule is CCOCCCCNC(=NC)NCC(C(C)C)N1CCOCC1. The Bertz CT molecular complexity index is 318. The van der Waals surface area contributed by atoms with Crippen LogP contribution in [-0.2, 0) is 9.47 Å². The minimum Gasteiger partial charge on any atom is -0.382 e. The first kappa shape index (κ1) is 20.2. The fraction of sp³-hybridized carbons (Fsp3) is 0.941. The van der Waals surface area contributed by atoms with Gasteiger partial charge in [-0.2, -0.15) is 0 Å².